The highest BCUT2D eigenvalue weighted by atomic mass is 16.3. The molecule has 0 spiro atoms. The Balaban J connectivity index is 2.36. The zero-order chi connectivity index (χ0) is 13.8. The number of aliphatic hydroxyl groups excluding tert-OH is 1. The van der Waals surface area contributed by atoms with Crippen molar-refractivity contribution in [2.45, 2.75) is 26.8 Å². The maximum atomic E-state index is 9.42. The van der Waals surface area contributed by atoms with Crippen molar-refractivity contribution < 1.29 is 5.11 Å². The summed E-state index contributed by atoms with van der Waals surface area (Å²) in [6.45, 7) is 7.02. The van der Waals surface area contributed by atoms with Gasteiger partial charge in [0, 0.05) is 18.9 Å². The van der Waals surface area contributed by atoms with E-state index in [0.29, 0.717) is 11.7 Å². The van der Waals surface area contributed by atoms with Crippen molar-refractivity contribution in [2.24, 2.45) is 5.92 Å². The third kappa shape index (κ3) is 2.96. The van der Waals surface area contributed by atoms with E-state index in [4.69, 9.17) is 0 Å². The van der Waals surface area contributed by atoms with Crippen LogP contribution in [0.1, 0.15) is 20.8 Å². The van der Waals surface area contributed by atoms with E-state index < -0.39 is 0 Å². The highest BCUT2D eigenvalue weighted by Gasteiger charge is 2.15. The van der Waals surface area contributed by atoms with Crippen LogP contribution in [0.5, 0.6) is 0 Å². The van der Waals surface area contributed by atoms with Gasteiger partial charge in [-0.25, -0.2) is 9.97 Å². The van der Waals surface area contributed by atoms with Crippen molar-refractivity contribution >= 4 is 17.3 Å². The van der Waals surface area contributed by atoms with Crippen molar-refractivity contribution in [1.29, 1.82) is 0 Å². The van der Waals surface area contributed by atoms with Gasteiger partial charge in [-0.3, -0.25) is 0 Å². The number of nitrogens with zero attached hydrogens (tertiary/aromatic N) is 3. The van der Waals surface area contributed by atoms with E-state index in [9.17, 15) is 5.11 Å². The molecular weight excluding hydrogens is 242 g/mol. The van der Waals surface area contributed by atoms with Gasteiger partial charge in [0.05, 0.1) is 18.8 Å². The highest BCUT2D eigenvalue weighted by Crippen LogP contribution is 2.18. The number of anilines is 2. The molecule has 3 N–H and O–H groups in total. The summed E-state index contributed by atoms with van der Waals surface area (Å²) in [5, 5.41) is 15.9. The molecule has 0 aliphatic rings. The van der Waals surface area contributed by atoms with Gasteiger partial charge in [0.2, 0.25) is 0 Å². The average molecular weight is 263 g/mol. The maximum Gasteiger partial charge on any atom is 0.180 e. The molecule has 0 saturated carbocycles. The Labute approximate surface area is 112 Å². The van der Waals surface area contributed by atoms with E-state index >= 15 is 0 Å². The summed E-state index contributed by atoms with van der Waals surface area (Å²) in [5.41, 5.74) is 0.765. The van der Waals surface area contributed by atoms with Gasteiger partial charge in [-0.05, 0) is 12.8 Å². The maximum absolute atomic E-state index is 9.42. The molecule has 2 heterocycles. The van der Waals surface area contributed by atoms with Gasteiger partial charge in [-0.15, -0.1) is 0 Å². The van der Waals surface area contributed by atoms with E-state index in [0.717, 1.165) is 18.0 Å². The van der Waals surface area contributed by atoms with Gasteiger partial charge in [-0.2, -0.15) is 0 Å². The Morgan fingerprint density at radius 3 is 2.84 bits per heavy atom. The second-order valence-electron chi connectivity index (χ2n) is 4.84. The predicted octanol–water partition coefficient (Wildman–Crippen LogP) is 1.59. The average Bonchev–Trinajstić information content (AvgIpc) is 2.84. The smallest absolute Gasteiger partial charge is 0.180 e. The van der Waals surface area contributed by atoms with Crippen LogP contribution < -0.4 is 10.6 Å². The third-order valence-corrected chi connectivity index (χ3v) is 3.06. The minimum absolute atomic E-state index is 0.0372. The molecule has 0 amide bonds. The number of rotatable bonds is 6. The summed E-state index contributed by atoms with van der Waals surface area (Å²) in [6, 6.07) is -0.0372. The standard InChI is InChI=1S/C13H21N5O/c1-4-14-11-7-18-6-5-15-13(18)12(17-11)16-10(8-19)9(2)3/h5-7,9-10,14,19H,4,8H2,1-3H3,(H,16,17)/t10-/m1/s1. The van der Waals surface area contributed by atoms with Crippen molar-refractivity contribution in [3.05, 3.63) is 18.6 Å². The number of aromatic nitrogens is 3. The molecule has 2 aromatic rings. The molecule has 0 saturated heterocycles. The monoisotopic (exact) mass is 263 g/mol. The van der Waals surface area contributed by atoms with Gasteiger partial charge >= 0.3 is 0 Å². The lowest BCUT2D eigenvalue weighted by atomic mass is 10.1. The van der Waals surface area contributed by atoms with E-state index in [1.54, 1.807) is 6.20 Å². The lowest BCUT2D eigenvalue weighted by Crippen LogP contribution is -2.30. The van der Waals surface area contributed by atoms with Crippen molar-refractivity contribution in [1.82, 2.24) is 14.4 Å². The zero-order valence-electron chi connectivity index (χ0n) is 11.6. The number of imidazole rings is 1. The first-order valence-corrected chi connectivity index (χ1v) is 6.60. The summed E-state index contributed by atoms with van der Waals surface area (Å²) in [7, 11) is 0. The quantitative estimate of drug-likeness (QED) is 0.738. The Kier molecular flexibility index (Phi) is 4.21. The molecule has 6 heteroatoms. The minimum atomic E-state index is -0.0372. The SMILES string of the molecule is CCNc1cn2ccnc2c(N[C@H](CO)C(C)C)n1. The molecule has 0 unspecified atom stereocenters. The number of fused-ring (bicyclic) bond motifs is 1. The fourth-order valence-electron chi connectivity index (χ4n) is 1.89. The summed E-state index contributed by atoms with van der Waals surface area (Å²) in [5.74, 6) is 1.79. The highest BCUT2D eigenvalue weighted by molar-refractivity contribution is 5.65. The molecule has 6 nitrogen and oxygen atoms in total. The van der Waals surface area contributed by atoms with E-state index in [1.807, 2.05) is 23.7 Å². The van der Waals surface area contributed by atoms with Crippen LogP contribution in [-0.2, 0) is 0 Å². The lowest BCUT2D eigenvalue weighted by molar-refractivity contribution is 0.249. The lowest BCUT2D eigenvalue weighted by Gasteiger charge is -2.21. The number of hydrogen-bond donors (Lipinski definition) is 3. The second-order valence-corrected chi connectivity index (χ2v) is 4.84. The minimum Gasteiger partial charge on any atom is -0.394 e. The molecule has 2 rings (SSSR count). The molecule has 0 aliphatic carbocycles. The summed E-state index contributed by atoms with van der Waals surface area (Å²) in [4.78, 5) is 8.81. The molecule has 0 fully saturated rings. The molecule has 2 aromatic heterocycles. The predicted molar refractivity (Wildman–Crippen MR) is 76.5 cm³/mol. The van der Waals surface area contributed by atoms with Crippen LogP contribution in [0.3, 0.4) is 0 Å². The van der Waals surface area contributed by atoms with Gasteiger partial charge in [0.15, 0.2) is 11.5 Å². The van der Waals surface area contributed by atoms with Crippen molar-refractivity contribution in [3.63, 3.8) is 0 Å². The molecule has 19 heavy (non-hydrogen) atoms. The number of nitrogens with one attached hydrogen (secondary N) is 2. The summed E-state index contributed by atoms with van der Waals surface area (Å²) >= 11 is 0. The van der Waals surface area contributed by atoms with Crippen molar-refractivity contribution in [3.8, 4) is 0 Å². The zero-order valence-corrected chi connectivity index (χ0v) is 11.6. The van der Waals surface area contributed by atoms with Crippen LogP contribution in [0.25, 0.3) is 5.65 Å². The summed E-state index contributed by atoms with van der Waals surface area (Å²) < 4.78 is 1.92. The van der Waals surface area contributed by atoms with Crippen LogP contribution >= 0.6 is 0 Å². The molecular formula is C13H21N5O. The van der Waals surface area contributed by atoms with Crippen LogP contribution in [-0.4, -0.2) is 38.7 Å². The normalized spacial score (nSPS) is 12.9. The molecule has 1 atom stereocenters. The largest absolute Gasteiger partial charge is 0.394 e. The second kappa shape index (κ2) is 5.88. The number of aliphatic hydroxyl groups is 1. The van der Waals surface area contributed by atoms with Gasteiger partial charge < -0.3 is 20.1 Å². The Morgan fingerprint density at radius 2 is 2.21 bits per heavy atom. The molecule has 104 valence electrons. The van der Waals surface area contributed by atoms with Gasteiger partial charge in [0.25, 0.3) is 0 Å². The van der Waals surface area contributed by atoms with Crippen molar-refractivity contribution in [2.75, 3.05) is 23.8 Å². The summed E-state index contributed by atoms with van der Waals surface area (Å²) in [6.07, 6.45) is 5.52. The van der Waals surface area contributed by atoms with Gasteiger partial charge in [-0.1, -0.05) is 13.8 Å². The van der Waals surface area contributed by atoms with E-state index in [2.05, 4.69) is 34.4 Å². The molecule has 0 radical (unpaired) electrons. The van der Waals surface area contributed by atoms with Crippen LogP contribution in [0, 0.1) is 5.92 Å². The Bertz CT molecular complexity index is 537. The van der Waals surface area contributed by atoms with Crippen LogP contribution in [0.4, 0.5) is 11.6 Å². The first-order chi connectivity index (χ1) is 9.15. The Morgan fingerprint density at radius 1 is 1.42 bits per heavy atom. The van der Waals surface area contributed by atoms with Gasteiger partial charge in [0.1, 0.15) is 5.82 Å². The topological polar surface area (TPSA) is 74.5 Å². The fourth-order valence-corrected chi connectivity index (χ4v) is 1.89. The van der Waals surface area contributed by atoms with Crippen LogP contribution in [0.15, 0.2) is 18.6 Å². The third-order valence-electron chi connectivity index (χ3n) is 3.06. The molecule has 0 aliphatic heterocycles. The first kappa shape index (κ1) is 13.6. The van der Waals surface area contributed by atoms with E-state index in [1.165, 1.54) is 0 Å². The van der Waals surface area contributed by atoms with Crippen LogP contribution in [0.2, 0.25) is 0 Å². The van der Waals surface area contributed by atoms with E-state index in [-0.39, 0.29) is 12.6 Å². The number of hydrogen-bond acceptors (Lipinski definition) is 5. The molecule has 0 bridgehead atoms. The Hall–Kier alpha value is -1.82. The fraction of sp³-hybridized carbons (Fsp3) is 0.538. The molecule has 0 aromatic carbocycles. The first-order valence-electron chi connectivity index (χ1n) is 6.60.